The van der Waals surface area contributed by atoms with Gasteiger partial charge in [0, 0.05) is 48.2 Å². The average Bonchev–Trinajstić information content (AvgIpc) is 2.87. The summed E-state index contributed by atoms with van der Waals surface area (Å²) in [6.45, 7) is 5.76. The van der Waals surface area contributed by atoms with Crippen LogP contribution in [-0.4, -0.2) is 40.2 Å². The van der Waals surface area contributed by atoms with Gasteiger partial charge >= 0.3 is 12.4 Å². The van der Waals surface area contributed by atoms with E-state index in [0.29, 0.717) is 47.6 Å². The summed E-state index contributed by atoms with van der Waals surface area (Å²) in [7, 11) is 0. The summed E-state index contributed by atoms with van der Waals surface area (Å²) in [6.07, 6.45) is -7.71. The van der Waals surface area contributed by atoms with Gasteiger partial charge in [-0.1, -0.05) is 12.1 Å². The van der Waals surface area contributed by atoms with Crippen molar-refractivity contribution in [3.63, 3.8) is 0 Å². The Labute approximate surface area is 226 Å². The molecule has 0 spiro atoms. The molecule has 2 unspecified atom stereocenters. The lowest BCUT2D eigenvalue weighted by atomic mass is 10.0. The van der Waals surface area contributed by atoms with Crippen molar-refractivity contribution in [1.82, 2.24) is 14.9 Å². The van der Waals surface area contributed by atoms with Crippen molar-refractivity contribution in [2.24, 2.45) is 0 Å². The number of nitrogens with zero attached hydrogens (tertiary/aromatic N) is 3. The maximum Gasteiger partial charge on any atom is 0.418 e. The van der Waals surface area contributed by atoms with E-state index in [1.54, 1.807) is 12.1 Å². The van der Waals surface area contributed by atoms with Gasteiger partial charge in [-0.15, -0.1) is 0 Å². The molecule has 0 bridgehead atoms. The molecule has 1 aliphatic heterocycles. The van der Waals surface area contributed by atoms with E-state index in [4.69, 9.17) is 9.72 Å². The fourth-order valence-electron chi connectivity index (χ4n) is 5.02. The van der Waals surface area contributed by atoms with Crippen LogP contribution in [-0.2, 0) is 23.6 Å². The van der Waals surface area contributed by atoms with Crippen LogP contribution in [0.15, 0.2) is 66.9 Å². The number of alkyl halides is 6. The third kappa shape index (κ3) is 6.20. The summed E-state index contributed by atoms with van der Waals surface area (Å²) in [6, 6.07) is 13.4. The molecule has 2 atom stereocenters. The van der Waals surface area contributed by atoms with Crippen LogP contribution >= 0.6 is 0 Å². The van der Waals surface area contributed by atoms with Crippen LogP contribution in [0.5, 0.6) is 0 Å². The first-order valence-corrected chi connectivity index (χ1v) is 12.6. The van der Waals surface area contributed by atoms with E-state index in [9.17, 15) is 26.3 Å². The van der Waals surface area contributed by atoms with Crippen LogP contribution in [0, 0.1) is 0 Å². The number of hydrogen-bond acceptors (Lipinski definition) is 5. The van der Waals surface area contributed by atoms with Gasteiger partial charge in [0.2, 0.25) is 0 Å². The zero-order valence-corrected chi connectivity index (χ0v) is 21.6. The smallest absolute Gasteiger partial charge is 0.373 e. The van der Waals surface area contributed by atoms with E-state index in [-0.39, 0.29) is 23.5 Å². The Bertz CT molecular complexity index is 1490. The molecule has 0 aliphatic carbocycles. The first-order chi connectivity index (χ1) is 18.9. The Kier molecular flexibility index (Phi) is 7.45. The third-order valence-electron chi connectivity index (χ3n) is 6.62. The van der Waals surface area contributed by atoms with Crippen LogP contribution in [0.4, 0.5) is 37.7 Å². The van der Waals surface area contributed by atoms with Crippen LogP contribution < -0.4 is 5.32 Å². The molecule has 1 aliphatic rings. The SMILES string of the molecule is CC1CN(Cc2cc(Nc3ccc(C(F)(F)F)cc3)c3ccc(-c4ncccc4C(F)(F)F)cc3n2)CC(C)O1. The summed E-state index contributed by atoms with van der Waals surface area (Å²) < 4.78 is 86.0. The highest BCUT2D eigenvalue weighted by molar-refractivity contribution is 5.95. The second-order valence-corrected chi connectivity index (χ2v) is 9.94. The molecular weight excluding hydrogens is 534 g/mol. The Balaban J connectivity index is 1.57. The highest BCUT2D eigenvalue weighted by atomic mass is 19.4. The summed E-state index contributed by atoms with van der Waals surface area (Å²) in [4.78, 5) is 10.9. The molecule has 5 nitrogen and oxygen atoms in total. The predicted octanol–water partition coefficient (Wildman–Crippen LogP) is 7.69. The van der Waals surface area contributed by atoms with Crippen LogP contribution in [0.2, 0.25) is 0 Å². The summed E-state index contributed by atoms with van der Waals surface area (Å²) in [5.41, 5.74) is 0.483. The third-order valence-corrected chi connectivity index (χ3v) is 6.62. The first kappa shape index (κ1) is 27.9. The fraction of sp³-hybridized carbons (Fsp3) is 0.310. The first-order valence-electron chi connectivity index (χ1n) is 12.6. The van der Waals surface area contributed by atoms with E-state index >= 15 is 0 Å². The number of nitrogens with one attached hydrogen (secondary N) is 1. The molecule has 2 aromatic carbocycles. The molecular formula is C29H26F6N4O. The minimum absolute atomic E-state index is 0.0190. The summed E-state index contributed by atoms with van der Waals surface area (Å²) in [5, 5.41) is 3.77. The highest BCUT2D eigenvalue weighted by Gasteiger charge is 2.34. The standard InChI is InChI=1S/C29H26F6N4O/c1-17-14-39(15-18(2)40-17)16-22-13-26(37-21-8-6-20(7-9-21)28(30,31)32)23-10-5-19(12-25(23)38-22)27-24(29(33,34)35)4-3-11-36-27/h3-13,17-18H,14-16H2,1-2H3,(H,37,38). The van der Waals surface area contributed by atoms with E-state index in [1.807, 2.05) is 19.9 Å². The number of halogens is 6. The number of hydrogen-bond donors (Lipinski definition) is 1. The lowest BCUT2D eigenvalue weighted by molar-refractivity contribution is -0.138. The van der Waals surface area contributed by atoms with Crippen molar-refractivity contribution in [3.8, 4) is 11.3 Å². The van der Waals surface area contributed by atoms with E-state index < -0.39 is 23.5 Å². The van der Waals surface area contributed by atoms with Crippen molar-refractivity contribution in [3.05, 3.63) is 83.7 Å². The molecule has 4 aromatic rings. The molecule has 1 fully saturated rings. The molecule has 5 rings (SSSR count). The van der Waals surface area contributed by atoms with Crippen molar-refractivity contribution in [1.29, 1.82) is 0 Å². The molecule has 3 heterocycles. The molecule has 210 valence electrons. The fourth-order valence-corrected chi connectivity index (χ4v) is 5.02. The molecule has 0 amide bonds. The predicted molar refractivity (Wildman–Crippen MR) is 140 cm³/mol. The molecule has 1 saturated heterocycles. The number of aromatic nitrogens is 2. The lowest BCUT2D eigenvalue weighted by Gasteiger charge is -2.35. The van der Waals surface area contributed by atoms with E-state index in [2.05, 4.69) is 15.2 Å². The van der Waals surface area contributed by atoms with Gasteiger partial charge in [-0.25, -0.2) is 0 Å². The largest absolute Gasteiger partial charge is 0.418 e. The van der Waals surface area contributed by atoms with Gasteiger partial charge in [0.05, 0.1) is 40.2 Å². The quantitative estimate of drug-likeness (QED) is 0.254. The van der Waals surface area contributed by atoms with Gasteiger partial charge in [-0.3, -0.25) is 14.9 Å². The van der Waals surface area contributed by atoms with Gasteiger partial charge in [-0.05, 0) is 62.4 Å². The van der Waals surface area contributed by atoms with Crippen molar-refractivity contribution < 1.29 is 31.1 Å². The maximum atomic E-state index is 13.7. The average molecular weight is 561 g/mol. The van der Waals surface area contributed by atoms with E-state index in [0.717, 1.165) is 18.2 Å². The van der Waals surface area contributed by atoms with Crippen LogP contribution in [0.25, 0.3) is 22.2 Å². The van der Waals surface area contributed by atoms with Crippen LogP contribution in [0.1, 0.15) is 30.7 Å². The Morgan fingerprint density at radius 1 is 0.900 bits per heavy atom. The summed E-state index contributed by atoms with van der Waals surface area (Å²) >= 11 is 0. The topological polar surface area (TPSA) is 50.3 Å². The van der Waals surface area contributed by atoms with Gasteiger partial charge in [0.1, 0.15) is 0 Å². The Hall–Kier alpha value is -3.70. The molecule has 2 aromatic heterocycles. The monoisotopic (exact) mass is 560 g/mol. The van der Waals surface area contributed by atoms with Crippen molar-refractivity contribution >= 4 is 22.3 Å². The zero-order valence-electron chi connectivity index (χ0n) is 21.6. The van der Waals surface area contributed by atoms with E-state index in [1.165, 1.54) is 30.5 Å². The number of rotatable bonds is 5. The number of fused-ring (bicyclic) bond motifs is 1. The normalized spacial score (nSPS) is 18.7. The molecule has 1 N–H and O–H groups in total. The van der Waals surface area contributed by atoms with Gasteiger partial charge in [0.15, 0.2) is 0 Å². The van der Waals surface area contributed by atoms with Gasteiger partial charge in [0.25, 0.3) is 0 Å². The summed E-state index contributed by atoms with van der Waals surface area (Å²) in [5.74, 6) is 0. The molecule has 0 radical (unpaired) electrons. The maximum absolute atomic E-state index is 13.7. The number of morpholine rings is 1. The number of ether oxygens (including phenoxy) is 1. The van der Waals surface area contributed by atoms with Crippen molar-refractivity contribution in [2.45, 2.75) is 45.0 Å². The molecule has 11 heteroatoms. The minimum Gasteiger partial charge on any atom is -0.373 e. The zero-order chi connectivity index (χ0) is 28.7. The number of benzene rings is 2. The second-order valence-electron chi connectivity index (χ2n) is 9.94. The minimum atomic E-state index is -4.59. The lowest BCUT2D eigenvalue weighted by Crippen LogP contribution is -2.44. The Morgan fingerprint density at radius 2 is 1.60 bits per heavy atom. The van der Waals surface area contributed by atoms with Gasteiger partial charge < -0.3 is 10.1 Å². The molecule has 0 saturated carbocycles. The van der Waals surface area contributed by atoms with Gasteiger partial charge in [-0.2, -0.15) is 26.3 Å². The van der Waals surface area contributed by atoms with Crippen LogP contribution in [0.3, 0.4) is 0 Å². The number of pyridine rings is 2. The Morgan fingerprint density at radius 3 is 2.25 bits per heavy atom. The van der Waals surface area contributed by atoms with Crippen molar-refractivity contribution in [2.75, 3.05) is 18.4 Å². The highest BCUT2D eigenvalue weighted by Crippen LogP contribution is 2.38. The number of anilines is 2. The second kappa shape index (κ2) is 10.7. The molecule has 40 heavy (non-hydrogen) atoms.